The van der Waals surface area contributed by atoms with E-state index in [1.807, 2.05) is 37.3 Å². The number of carbonyl (C=O) groups is 1. The maximum atomic E-state index is 13.1. The topological polar surface area (TPSA) is 80.2 Å². The molecule has 4 rings (SSSR count). The van der Waals surface area contributed by atoms with Crippen LogP contribution in [0.2, 0.25) is 0 Å². The summed E-state index contributed by atoms with van der Waals surface area (Å²) in [6.45, 7) is 3.67. The molecule has 1 fully saturated rings. The molecule has 1 aliphatic rings. The molecule has 3 heterocycles. The first-order valence-corrected chi connectivity index (χ1v) is 9.73. The smallest absolute Gasteiger partial charge is 0.322 e. The molecule has 8 heteroatoms. The van der Waals surface area contributed by atoms with Gasteiger partial charge in [-0.05, 0) is 43.5 Å². The van der Waals surface area contributed by atoms with Crippen LogP contribution in [0.1, 0.15) is 24.1 Å². The molecule has 2 aromatic heterocycles. The van der Waals surface area contributed by atoms with E-state index in [1.54, 1.807) is 11.1 Å². The van der Waals surface area contributed by atoms with Crippen LogP contribution >= 0.6 is 11.7 Å². The highest BCUT2D eigenvalue weighted by Crippen LogP contribution is 2.26. The molecule has 0 spiro atoms. The van der Waals surface area contributed by atoms with Crippen LogP contribution in [0.4, 0.5) is 10.5 Å². The van der Waals surface area contributed by atoms with Crippen molar-refractivity contribution in [1.29, 1.82) is 0 Å². The molecule has 0 radical (unpaired) electrons. The van der Waals surface area contributed by atoms with Crippen molar-refractivity contribution in [3.63, 3.8) is 0 Å². The number of nitrogens with zero attached hydrogens (tertiary/aromatic N) is 4. The molecule has 0 aliphatic carbocycles. The largest absolute Gasteiger partial charge is 0.376 e. The zero-order valence-corrected chi connectivity index (χ0v) is 15.9. The molecule has 0 bridgehead atoms. The summed E-state index contributed by atoms with van der Waals surface area (Å²) >= 11 is 1.15. The minimum absolute atomic E-state index is 0.0669. The average Bonchev–Trinajstić information content (AvgIpc) is 3.36. The third-order valence-electron chi connectivity index (χ3n) is 4.68. The van der Waals surface area contributed by atoms with Crippen molar-refractivity contribution in [1.82, 2.24) is 18.6 Å². The number of aryl methyl sites for hydroxylation is 1. The number of ether oxygens (including phenoxy) is 1. The normalized spacial score (nSPS) is 16.6. The van der Waals surface area contributed by atoms with Crippen LogP contribution in [0.25, 0.3) is 11.0 Å². The monoisotopic (exact) mass is 383 g/mol. The number of hydrogen-bond acceptors (Lipinski definition) is 6. The van der Waals surface area contributed by atoms with Crippen LogP contribution < -0.4 is 5.32 Å². The van der Waals surface area contributed by atoms with E-state index in [4.69, 9.17) is 4.74 Å². The first-order chi connectivity index (χ1) is 13.2. The number of urea groups is 1. The van der Waals surface area contributed by atoms with E-state index in [0.717, 1.165) is 53.5 Å². The van der Waals surface area contributed by atoms with Gasteiger partial charge >= 0.3 is 6.03 Å². The predicted molar refractivity (Wildman–Crippen MR) is 105 cm³/mol. The molecular formula is C19H21N5O2S. The van der Waals surface area contributed by atoms with Gasteiger partial charge in [-0.3, -0.25) is 4.98 Å². The fourth-order valence-corrected chi connectivity index (χ4v) is 3.78. The molecule has 1 aromatic carbocycles. The van der Waals surface area contributed by atoms with Gasteiger partial charge in [0.15, 0.2) is 0 Å². The summed E-state index contributed by atoms with van der Waals surface area (Å²) < 4.78 is 14.3. The minimum Gasteiger partial charge on any atom is -0.376 e. The second kappa shape index (κ2) is 7.98. The van der Waals surface area contributed by atoms with Gasteiger partial charge in [0, 0.05) is 19.3 Å². The Kier molecular flexibility index (Phi) is 5.26. The molecule has 0 unspecified atom stereocenters. The zero-order valence-electron chi connectivity index (χ0n) is 15.1. The number of anilines is 1. The van der Waals surface area contributed by atoms with Gasteiger partial charge in [0.2, 0.25) is 0 Å². The second-order valence-corrected chi connectivity index (χ2v) is 7.18. The van der Waals surface area contributed by atoms with Gasteiger partial charge in [-0.25, -0.2) is 4.79 Å². The molecule has 1 atom stereocenters. The van der Waals surface area contributed by atoms with Crippen molar-refractivity contribution in [3.8, 4) is 0 Å². The molecule has 3 aromatic rings. The van der Waals surface area contributed by atoms with E-state index >= 15 is 0 Å². The highest BCUT2D eigenvalue weighted by atomic mass is 32.1. The van der Waals surface area contributed by atoms with Crippen molar-refractivity contribution >= 4 is 34.5 Å². The Morgan fingerprint density at radius 3 is 3.04 bits per heavy atom. The number of nitrogens with one attached hydrogen (secondary N) is 1. The van der Waals surface area contributed by atoms with E-state index in [1.165, 1.54) is 0 Å². The van der Waals surface area contributed by atoms with Crippen molar-refractivity contribution in [2.75, 3.05) is 18.5 Å². The number of fused-ring (bicyclic) bond motifs is 1. The van der Waals surface area contributed by atoms with Gasteiger partial charge < -0.3 is 15.0 Å². The van der Waals surface area contributed by atoms with Crippen LogP contribution in [-0.4, -0.2) is 43.9 Å². The first kappa shape index (κ1) is 17.8. The molecule has 140 valence electrons. The maximum absolute atomic E-state index is 13.1. The van der Waals surface area contributed by atoms with Crippen molar-refractivity contribution in [3.05, 3.63) is 47.8 Å². The third-order valence-corrected chi connectivity index (χ3v) is 5.22. The highest BCUT2D eigenvalue weighted by molar-refractivity contribution is 7.00. The number of aromatic nitrogens is 3. The van der Waals surface area contributed by atoms with Gasteiger partial charge in [0.25, 0.3) is 0 Å². The van der Waals surface area contributed by atoms with Crippen molar-refractivity contribution in [2.45, 2.75) is 32.4 Å². The number of carbonyl (C=O) groups excluding carboxylic acids is 1. The number of amides is 2. The van der Waals surface area contributed by atoms with Gasteiger partial charge in [0.1, 0.15) is 11.0 Å². The van der Waals surface area contributed by atoms with Crippen LogP contribution in [0.3, 0.4) is 0 Å². The fraction of sp³-hybridized carbons (Fsp3) is 0.368. The van der Waals surface area contributed by atoms with E-state index in [2.05, 4.69) is 19.0 Å². The Morgan fingerprint density at radius 2 is 2.26 bits per heavy atom. The summed E-state index contributed by atoms with van der Waals surface area (Å²) in [5.41, 5.74) is 4.03. The number of pyridine rings is 1. The maximum Gasteiger partial charge on any atom is 0.322 e. The average molecular weight is 383 g/mol. The molecule has 7 nitrogen and oxygen atoms in total. The van der Waals surface area contributed by atoms with Crippen LogP contribution in [0.5, 0.6) is 0 Å². The second-order valence-electron chi connectivity index (χ2n) is 6.66. The Morgan fingerprint density at radius 1 is 1.33 bits per heavy atom. The fourth-order valence-electron chi connectivity index (χ4n) is 3.24. The van der Waals surface area contributed by atoms with Crippen molar-refractivity contribution in [2.24, 2.45) is 0 Å². The Labute approximate surface area is 161 Å². The van der Waals surface area contributed by atoms with Crippen LogP contribution in [0.15, 0.2) is 36.5 Å². The Hall–Kier alpha value is -2.58. The summed E-state index contributed by atoms with van der Waals surface area (Å²) in [6, 6.07) is 9.40. The number of hydrogen-bond donors (Lipinski definition) is 1. The third kappa shape index (κ3) is 4.06. The van der Waals surface area contributed by atoms with Gasteiger partial charge in [-0.15, -0.1) is 0 Å². The zero-order chi connectivity index (χ0) is 18.6. The quantitative estimate of drug-likeness (QED) is 0.728. The first-order valence-electron chi connectivity index (χ1n) is 9.00. The molecule has 27 heavy (non-hydrogen) atoms. The van der Waals surface area contributed by atoms with E-state index in [9.17, 15) is 4.79 Å². The lowest BCUT2D eigenvalue weighted by atomic mass is 10.1. The number of benzene rings is 1. The molecule has 1 saturated heterocycles. The highest BCUT2D eigenvalue weighted by Gasteiger charge is 2.24. The SMILES string of the molecule is Cc1ccc2nsnc2c1NC(=O)N(Cc1ccccn1)C[C@@H]1CCCO1. The summed E-state index contributed by atoms with van der Waals surface area (Å²) in [5, 5.41) is 3.04. The summed E-state index contributed by atoms with van der Waals surface area (Å²) in [7, 11) is 0. The minimum atomic E-state index is -0.181. The van der Waals surface area contributed by atoms with Crippen molar-refractivity contribution < 1.29 is 9.53 Å². The molecule has 1 aliphatic heterocycles. The lowest BCUT2D eigenvalue weighted by Crippen LogP contribution is -2.40. The molecular weight excluding hydrogens is 362 g/mol. The molecule has 1 N–H and O–H groups in total. The predicted octanol–water partition coefficient (Wildman–Crippen LogP) is 3.61. The summed E-state index contributed by atoms with van der Waals surface area (Å²) in [6.07, 6.45) is 3.81. The van der Waals surface area contributed by atoms with E-state index in [-0.39, 0.29) is 12.1 Å². The molecule has 2 amide bonds. The van der Waals surface area contributed by atoms with Gasteiger partial charge in [0.05, 0.1) is 35.8 Å². The Balaban J connectivity index is 1.57. The van der Waals surface area contributed by atoms with Gasteiger partial charge in [-0.1, -0.05) is 12.1 Å². The molecule has 0 saturated carbocycles. The van der Waals surface area contributed by atoms with Crippen LogP contribution in [-0.2, 0) is 11.3 Å². The van der Waals surface area contributed by atoms with E-state index < -0.39 is 0 Å². The number of rotatable bonds is 5. The van der Waals surface area contributed by atoms with Crippen LogP contribution in [0, 0.1) is 6.92 Å². The standard InChI is InChI=1S/C19H21N5O2S/c1-13-7-8-16-18(23-27-22-16)17(13)21-19(25)24(12-15-6-4-10-26-15)11-14-5-2-3-9-20-14/h2-3,5,7-9,15H,4,6,10-12H2,1H3,(H,21,25)/t15-/m0/s1. The summed E-state index contributed by atoms with van der Waals surface area (Å²) in [4.78, 5) is 19.2. The summed E-state index contributed by atoms with van der Waals surface area (Å²) in [5.74, 6) is 0. The van der Waals surface area contributed by atoms with Gasteiger partial charge in [-0.2, -0.15) is 8.75 Å². The lowest BCUT2D eigenvalue weighted by molar-refractivity contribution is 0.0816. The van der Waals surface area contributed by atoms with E-state index in [0.29, 0.717) is 18.8 Å². The Bertz CT molecular complexity index is 924. The lowest BCUT2D eigenvalue weighted by Gasteiger charge is -2.26.